The summed E-state index contributed by atoms with van der Waals surface area (Å²) >= 11 is 3.10. The van der Waals surface area contributed by atoms with Crippen LogP contribution in [0.15, 0.2) is 53.4 Å². The normalized spacial score (nSPS) is 15.4. The number of thioether (sulfide) groups is 1. The molecule has 0 spiro atoms. The molecule has 0 N–H and O–H groups in total. The van der Waals surface area contributed by atoms with Gasteiger partial charge in [0, 0.05) is 0 Å². The lowest BCUT2D eigenvalue weighted by molar-refractivity contribution is -0.122. The van der Waals surface area contributed by atoms with Gasteiger partial charge in [-0.05, 0) is 63.7 Å². The molecule has 1 aliphatic rings. The highest BCUT2D eigenvalue weighted by Gasteiger charge is 2.34. The molecule has 0 aromatic heterocycles. The monoisotopic (exact) mass is 475 g/mol. The topological polar surface area (TPSA) is 46.6 Å². The van der Waals surface area contributed by atoms with E-state index in [2.05, 4.69) is 28.5 Å². The SMILES string of the molecule is C#CCN1C(=O)S/C(=C/c2ccc(OCc3ccccc3)c(I)c2)C1=O. The minimum Gasteiger partial charge on any atom is -0.488 e. The van der Waals surface area contributed by atoms with E-state index in [9.17, 15) is 9.59 Å². The van der Waals surface area contributed by atoms with Gasteiger partial charge in [0.2, 0.25) is 0 Å². The number of amides is 2. The van der Waals surface area contributed by atoms with Gasteiger partial charge in [0.15, 0.2) is 0 Å². The highest BCUT2D eigenvalue weighted by molar-refractivity contribution is 14.1. The van der Waals surface area contributed by atoms with Crippen LogP contribution in [0.5, 0.6) is 5.75 Å². The van der Waals surface area contributed by atoms with E-state index in [1.807, 2.05) is 48.5 Å². The lowest BCUT2D eigenvalue weighted by atomic mass is 10.2. The number of imide groups is 1. The number of halogens is 1. The zero-order chi connectivity index (χ0) is 18.5. The largest absolute Gasteiger partial charge is 0.488 e. The van der Waals surface area contributed by atoms with Gasteiger partial charge in [0.1, 0.15) is 12.4 Å². The van der Waals surface area contributed by atoms with Gasteiger partial charge in [-0.15, -0.1) is 6.42 Å². The van der Waals surface area contributed by atoms with Crippen molar-refractivity contribution in [3.63, 3.8) is 0 Å². The summed E-state index contributed by atoms with van der Waals surface area (Å²) in [6, 6.07) is 15.6. The van der Waals surface area contributed by atoms with Crippen LogP contribution in [0.2, 0.25) is 0 Å². The third-order valence-corrected chi connectivity index (χ3v) is 5.36. The molecule has 6 heteroatoms. The average Bonchev–Trinajstić information content (AvgIpc) is 2.90. The Hall–Kier alpha value is -2.24. The minimum absolute atomic E-state index is 0.00813. The molecular formula is C20H14INO3S. The maximum Gasteiger partial charge on any atom is 0.294 e. The molecule has 4 nitrogen and oxygen atoms in total. The van der Waals surface area contributed by atoms with Gasteiger partial charge in [0.05, 0.1) is 15.0 Å². The zero-order valence-corrected chi connectivity index (χ0v) is 16.6. The molecule has 1 heterocycles. The molecule has 1 aliphatic heterocycles. The van der Waals surface area contributed by atoms with Crippen molar-refractivity contribution in [1.29, 1.82) is 0 Å². The van der Waals surface area contributed by atoms with E-state index in [-0.39, 0.29) is 17.7 Å². The summed E-state index contributed by atoms with van der Waals surface area (Å²) in [4.78, 5) is 25.5. The molecule has 2 aromatic rings. The second kappa shape index (κ2) is 8.43. The molecule has 2 aromatic carbocycles. The average molecular weight is 475 g/mol. The first-order valence-electron chi connectivity index (χ1n) is 7.73. The molecule has 0 aliphatic carbocycles. The predicted molar refractivity (Wildman–Crippen MR) is 111 cm³/mol. The molecule has 0 unspecified atom stereocenters. The van der Waals surface area contributed by atoms with Crippen LogP contribution in [-0.2, 0) is 11.4 Å². The van der Waals surface area contributed by atoms with Crippen molar-refractivity contribution < 1.29 is 14.3 Å². The van der Waals surface area contributed by atoms with Crippen LogP contribution in [0.4, 0.5) is 4.79 Å². The van der Waals surface area contributed by atoms with Gasteiger partial charge < -0.3 is 4.74 Å². The number of nitrogens with zero attached hydrogens (tertiary/aromatic N) is 1. The molecule has 2 amide bonds. The number of benzene rings is 2. The number of hydrogen-bond acceptors (Lipinski definition) is 4. The highest BCUT2D eigenvalue weighted by Crippen LogP contribution is 2.33. The first-order chi connectivity index (χ1) is 12.6. The Morgan fingerprint density at radius 3 is 2.65 bits per heavy atom. The third kappa shape index (κ3) is 4.29. The minimum atomic E-state index is -0.350. The second-order valence-electron chi connectivity index (χ2n) is 5.44. The highest BCUT2D eigenvalue weighted by atomic mass is 127. The number of carbonyl (C=O) groups excluding carboxylic acids is 2. The third-order valence-electron chi connectivity index (χ3n) is 3.61. The van der Waals surface area contributed by atoms with Crippen molar-refractivity contribution in [1.82, 2.24) is 4.90 Å². The van der Waals surface area contributed by atoms with E-state index in [1.54, 1.807) is 6.08 Å². The molecule has 1 saturated heterocycles. The lowest BCUT2D eigenvalue weighted by Gasteiger charge is -2.09. The van der Waals surface area contributed by atoms with Crippen molar-refractivity contribution in [2.45, 2.75) is 6.61 Å². The van der Waals surface area contributed by atoms with Crippen LogP contribution >= 0.6 is 34.4 Å². The first-order valence-corrected chi connectivity index (χ1v) is 9.63. The number of carbonyl (C=O) groups is 2. The Balaban J connectivity index is 1.73. The molecule has 0 saturated carbocycles. The summed E-state index contributed by atoms with van der Waals surface area (Å²) in [5.74, 6) is 2.75. The number of terminal acetylenes is 1. The van der Waals surface area contributed by atoms with Gasteiger partial charge in [-0.3, -0.25) is 14.5 Å². The van der Waals surface area contributed by atoms with E-state index in [1.165, 1.54) is 0 Å². The number of rotatable bonds is 5. The maximum atomic E-state index is 12.2. The van der Waals surface area contributed by atoms with Crippen LogP contribution in [0, 0.1) is 15.9 Å². The Morgan fingerprint density at radius 1 is 1.19 bits per heavy atom. The van der Waals surface area contributed by atoms with Crippen molar-refractivity contribution in [2.24, 2.45) is 0 Å². The van der Waals surface area contributed by atoms with Crippen molar-refractivity contribution in [3.05, 3.63) is 68.1 Å². The fourth-order valence-electron chi connectivity index (χ4n) is 2.34. The fraction of sp³-hybridized carbons (Fsp3) is 0.100. The van der Waals surface area contributed by atoms with Crippen LogP contribution in [-0.4, -0.2) is 22.6 Å². The Bertz CT molecular complexity index is 918. The van der Waals surface area contributed by atoms with Gasteiger partial charge in [-0.2, -0.15) is 0 Å². The van der Waals surface area contributed by atoms with Gasteiger partial charge in [-0.1, -0.05) is 42.3 Å². The van der Waals surface area contributed by atoms with Crippen LogP contribution in [0.25, 0.3) is 6.08 Å². The molecule has 26 heavy (non-hydrogen) atoms. The van der Waals surface area contributed by atoms with Gasteiger partial charge in [0.25, 0.3) is 11.1 Å². The van der Waals surface area contributed by atoms with E-state index in [4.69, 9.17) is 11.2 Å². The van der Waals surface area contributed by atoms with Crippen LogP contribution in [0.1, 0.15) is 11.1 Å². The summed E-state index contributed by atoms with van der Waals surface area (Å²) in [6.07, 6.45) is 6.90. The standard InChI is InChI=1S/C20H14INO3S/c1-2-10-22-19(23)18(26-20(22)24)12-15-8-9-17(16(21)11-15)25-13-14-6-4-3-5-7-14/h1,3-9,11-12H,10,13H2/b18-12+. The van der Waals surface area contributed by atoms with Crippen molar-refractivity contribution >= 4 is 51.6 Å². The Kier molecular flexibility index (Phi) is 6.01. The molecule has 3 rings (SSSR count). The number of ether oxygens (including phenoxy) is 1. The number of hydrogen-bond donors (Lipinski definition) is 0. The van der Waals surface area contributed by atoms with Gasteiger partial charge >= 0.3 is 0 Å². The molecule has 1 fully saturated rings. The Labute approximate surface area is 169 Å². The van der Waals surface area contributed by atoms with E-state index in [0.717, 1.165) is 37.1 Å². The Morgan fingerprint density at radius 2 is 1.96 bits per heavy atom. The smallest absolute Gasteiger partial charge is 0.294 e. The van der Waals surface area contributed by atoms with E-state index >= 15 is 0 Å². The summed E-state index contributed by atoms with van der Waals surface area (Å²) in [5.41, 5.74) is 1.92. The maximum absolute atomic E-state index is 12.2. The summed E-state index contributed by atoms with van der Waals surface area (Å²) in [6.45, 7) is 0.479. The summed E-state index contributed by atoms with van der Waals surface area (Å²) in [5, 5.41) is -0.336. The molecule has 130 valence electrons. The molecule has 0 radical (unpaired) electrons. The van der Waals surface area contributed by atoms with E-state index < -0.39 is 0 Å². The summed E-state index contributed by atoms with van der Waals surface area (Å²) < 4.78 is 6.78. The molecule has 0 bridgehead atoms. The molecular weight excluding hydrogens is 461 g/mol. The van der Waals surface area contributed by atoms with Crippen LogP contribution in [0.3, 0.4) is 0 Å². The quantitative estimate of drug-likeness (QED) is 0.362. The predicted octanol–water partition coefficient (Wildman–Crippen LogP) is 4.54. The van der Waals surface area contributed by atoms with Gasteiger partial charge in [-0.25, -0.2) is 0 Å². The lowest BCUT2D eigenvalue weighted by Crippen LogP contribution is -2.28. The fourth-order valence-corrected chi connectivity index (χ4v) is 3.87. The molecule has 0 atom stereocenters. The summed E-state index contributed by atoms with van der Waals surface area (Å²) in [7, 11) is 0. The van der Waals surface area contributed by atoms with Crippen LogP contribution < -0.4 is 4.74 Å². The van der Waals surface area contributed by atoms with Crippen molar-refractivity contribution in [2.75, 3.05) is 6.54 Å². The van der Waals surface area contributed by atoms with E-state index in [0.29, 0.717) is 11.5 Å². The van der Waals surface area contributed by atoms with Crippen molar-refractivity contribution in [3.8, 4) is 18.1 Å². The second-order valence-corrected chi connectivity index (χ2v) is 7.59. The first kappa shape index (κ1) is 18.5. The zero-order valence-electron chi connectivity index (χ0n) is 13.6.